The van der Waals surface area contributed by atoms with E-state index in [1.54, 1.807) is 13.2 Å². The summed E-state index contributed by atoms with van der Waals surface area (Å²) in [6.07, 6.45) is 2.72. The molecule has 0 spiro atoms. The molecular formula is C16H19N3O2. The van der Waals surface area contributed by atoms with Crippen molar-refractivity contribution in [1.82, 2.24) is 14.5 Å². The van der Waals surface area contributed by atoms with Crippen LogP contribution in [-0.2, 0) is 20.6 Å². The van der Waals surface area contributed by atoms with Gasteiger partial charge in [0.05, 0.1) is 0 Å². The molecule has 1 fully saturated rings. The molecule has 1 aliphatic carbocycles. The van der Waals surface area contributed by atoms with Gasteiger partial charge in [-0.15, -0.1) is 0 Å². The first kappa shape index (κ1) is 13.8. The summed E-state index contributed by atoms with van der Waals surface area (Å²) in [5, 5.41) is 3.41. The van der Waals surface area contributed by atoms with Crippen LogP contribution in [0.1, 0.15) is 23.5 Å². The first-order valence-electron chi connectivity index (χ1n) is 7.12. The molecule has 1 aromatic heterocycles. The first-order valence-corrected chi connectivity index (χ1v) is 7.12. The Balaban J connectivity index is 1.68. The first-order chi connectivity index (χ1) is 10.1. The molecule has 1 aliphatic rings. The number of hydrogen-bond donors (Lipinski definition) is 1. The largest absolute Gasteiger partial charge is 0.330 e. The summed E-state index contributed by atoms with van der Waals surface area (Å²) in [7, 11) is 3.17. The molecule has 3 rings (SSSR count). The molecule has 110 valence electrons. The van der Waals surface area contributed by atoms with Crippen LogP contribution in [0.2, 0.25) is 0 Å². The van der Waals surface area contributed by atoms with Crippen molar-refractivity contribution in [2.45, 2.75) is 24.9 Å². The smallest absolute Gasteiger partial charge is 0.309 e. The van der Waals surface area contributed by atoms with E-state index in [2.05, 4.69) is 17.4 Å². The minimum Gasteiger partial charge on any atom is -0.309 e. The van der Waals surface area contributed by atoms with Crippen LogP contribution in [0.15, 0.2) is 46.1 Å². The molecule has 1 saturated carbocycles. The van der Waals surface area contributed by atoms with Crippen molar-refractivity contribution in [3.05, 3.63) is 68.5 Å². The highest BCUT2D eigenvalue weighted by molar-refractivity contribution is 5.27. The quantitative estimate of drug-likeness (QED) is 0.901. The summed E-state index contributed by atoms with van der Waals surface area (Å²) in [5.74, 6) is 0.530. The van der Waals surface area contributed by atoms with Crippen LogP contribution in [0.4, 0.5) is 0 Å². The lowest BCUT2D eigenvalue weighted by atomic mass is 10.1. The fourth-order valence-electron chi connectivity index (χ4n) is 2.73. The molecule has 0 aliphatic heterocycles. The fraction of sp³-hybridized carbons (Fsp3) is 0.375. The van der Waals surface area contributed by atoms with Crippen LogP contribution in [0.25, 0.3) is 0 Å². The molecule has 2 atom stereocenters. The number of rotatable bonds is 4. The van der Waals surface area contributed by atoms with Crippen LogP contribution in [0.5, 0.6) is 0 Å². The van der Waals surface area contributed by atoms with Crippen molar-refractivity contribution in [1.29, 1.82) is 0 Å². The van der Waals surface area contributed by atoms with E-state index >= 15 is 0 Å². The summed E-state index contributed by atoms with van der Waals surface area (Å²) in [6, 6.07) is 10.8. The van der Waals surface area contributed by atoms with Crippen molar-refractivity contribution < 1.29 is 0 Å². The Labute approximate surface area is 122 Å². The Kier molecular flexibility index (Phi) is 3.51. The van der Waals surface area contributed by atoms with Crippen molar-refractivity contribution >= 4 is 0 Å². The SMILES string of the molecule is Cn1cc(CNC2CC2c2ccccc2)c(=O)n(C)c1=O. The molecule has 5 heteroatoms. The van der Waals surface area contributed by atoms with E-state index in [1.165, 1.54) is 17.2 Å². The van der Waals surface area contributed by atoms with Gasteiger partial charge in [0.15, 0.2) is 0 Å². The van der Waals surface area contributed by atoms with E-state index in [0.717, 1.165) is 11.0 Å². The van der Waals surface area contributed by atoms with E-state index in [-0.39, 0.29) is 11.2 Å². The van der Waals surface area contributed by atoms with Gasteiger partial charge >= 0.3 is 5.69 Å². The van der Waals surface area contributed by atoms with Crippen molar-refractivity contribution in [3.63, 3.8) is 0 Å². The lowest BCUT2D eigenvalue weighted by molar-refractivity contribution is 0.622. The maximum atomic E-state index is 12.0. The van der Waals surface area contributed by atoms with Gasteiger partial charge in [-0.3, -0.25) is 9.36 Å². The van der Waals surface area contributed by atoms with E-state index < -0.39 is 0 Å². The van der Waals surface area contributed by atoms with Gasteiger partial charge in [0.1, 0.15) is 0 Å². The van der Waals surface area contributed by atoms with Gasteiger partial charge in [0.2, 0.25) is 0 Å². The van der Waals surface area contributed by atoms with E-state index in [0.29, 0.717) is 24.1 Å². The maximum Gasteiger partial charge on any atom is 0.330 e. The van der Waals surface area contributed by atoms with Crippen LogP contribution in [0.3, 0.4) is 0 Å². The lowest BCUT2D eigenvalue weighted by Crippen LogP contribution is -2.39. The number of nitrogens with zero attached hydrogens (tertiary/aromatic N) is 2. The van der Waals surface area contributed by atoms with Crippen LogP contribution in [-0.4, -0.2) is 15.2 Å². The van der Waals surface area contributed by atoms with Gasteiger partial charge in [-0.25, -0.2) is 4.79 Å². The van der Waals surface area contributed by atoms with Gasteiger partial charge in [-0.2, -0.15) is 0 Å². The number of hydrogen-bond acceptors (Lipinski definition) is 3. The molecule has 1 heterocycles. The number of aryl methyl sites for hydroxylation is 1. The second-order valence-corrected chi connectivity index (χ2v) is 5.65. The van der Waals surface area contributed by atoms with Gasteiger partial charge in [0.25, 0.3) is 5.56 Å². The average Bonchev–Trinajstić information content (AvgIpc) is 3.28. The third-order valence-electron chi connectivity index (χ3n) is 4.09. The Morgan fingerprint density at radius 1 is 1.19 bits per heavy atom. The van der Waals surface area contributed by atoms with Gasteiger partial charge in [0, 0.05) is 44.4 Å². The van der Waals surface area contributed by atoms with Crippen LogP contribution < -0.4 is 16.6 Å². The minimum atomic E-state index is -0.294. The van der Waals surface area contributed by atoms with Crippen molar-refractivity contribution in [2.75, 3.05) is 0 Å². The normalized spacial score (nSPS) is 20.5. The van der Waals surface area contributed by atoms with Crippen LogP contribution >= 0.6 is 0 Å². The zero-order chi connectivity index (χ0) is 15.0. The monoisotopic (exact) mass is 285 g/mol. The summed E-state index contributed by atoms with van der Waals surface area (Å²) < 4.78 is 2.60. The Morgan fingerprint density at radius 2 is 1.90 bits per heavy atom. The summed E-state index contributed by atoms with van der Waals surface area (Å²) in [5.41, 5.74) is 1.45. The summed E-state index contributed by atoms with van der Waals surface area (Å²) in [6.45, 7) is 0.495. The van der Waals surface area contributed by atoms with Gasteiger partial charge in [-0.1, -0.05) is 30.3 Å². The van der Waals surface area contributed by atoms with Crippen LogP contribution in [0, 0.1) is 0 Å². The average molecular weight is 285 g/mol. The Bertz CT molecular complexity index is 761. The molecule has 5 nitrogen and oxygen atoms in total. The third kappa shape index (κ3) is 2.69. The predicted molar refractivity (Wildman–Crippen MR) is 81.4 cm³/mol. The Morgan fingerprint density at radius 3 is 2.62 bits per heavy atom. The molecule has 21 heavy (non-hydrogen) atoms. The fourth-order valence-corrected chi connectivity index (χ4v) is 2.73. The minimum absolute atomic E-state index is 0.220. The zero-order valence-corrected chi connectivity index (χ0v) is 12.2. The molecule has 1 N–H and O–H groups in total. The standard InChI is InChI=1S/C16H19N3O2/c1-18-10-12(15(20)19(2)16(18)21)9-17-14-8-13(14)11-6-4-3-5-7-11/h3-7,10,13-14,17H,8-9H2,1-2H3. The van der Waals surface area contributed by atoms with Crippen molar-refractivity contribution in [2.24, 2.45) is 14.1 Å². The topological polar surface area (TPSA) is 56.0 Å². The maximum absolute atomic E-state index is 12.0. The molecular weight excluding hydrogens is 266 g/mol. The zero-order valence-electron chi connectivity index (χ0n) is 12.2. The number of aromatic nitrogens is 2. The highest BCUT2D eigenvalue weighted by Gasteiger charge is 2.37. The summed E-state index contributed by atoms with van der Waals surface area (Å²) >= 11 is 0. The number of nitrogens with one attached hydrogen (secondary N) is 1. The summed E-state index contributed by atoms with van der Waals surface area (Å²) in [4.78, 5) is 23.7. The second kappa shape index (κ2) is 5.33. The molecule has 0 amide bonds. The van der Waals surface area contributed by atoms with Gasteiger partial charge < -0.3 is 9.88 Å². The lowest BCUT2D eigenvalue weighted by Gasteiger charge is -2.08. The molecule has 1 aromatic carbocycles. The molecule has 0 bridgehead atoms. The third-order valence-corrected chi connectivity index (χ3v) is 4.09. The van der Waals surface area contributed by atoms with E-state index in [4.69, 9.17) is 0 Å². The second-order valence-electron chi connectivity index (χ2n) is 5.65. The highest BCUT2D eigenvalue weighted by atomic mass is 16.2. The molecule has 2 aromatic rings. The number of benzene rings is 1. The van der Waals surface area contributed by atoms with Gasteiger partial charge in [-0.05, 0) is 12.0 Å². The molecule has 0 saturated heterocycles. The van der Waals surface area contributed by atoms with Crippen molar-refractivity contribution in [3.8, 4) is 0 Å². The van der Waals surface area contributed by atoms with E-state index in [9.17, 15) is 9.59 Å². The Hall–Kier alpha value is -2.14. The molecule has 0 radical (unpaired) electrons. The molecule has 2 unspecified atom stereocenters. The highest BCUT2D eigenvalue weighted by Crippen LogP contribution is 2.40. The van der Waals surface area contributed by atoms with E-state index in [1.807, 2.05) is 18.2 Å². The predicted octanol–water partition coefficient (Wildman–Crippen LogP) is 0.730.